The number of aromatic nitrogens is 2. The van der Waals surface area contributed by atoms with E-state index in [9.17, 15) is 9.18 Å². The zero-order valence-electron chi connectivity index (χ0n) is 17.4. The van der Waals surface area contributed by atoms with Crippen LogP contribution in [0.3, 0.4) is 0 Å². The fraction of sp³-hybridized carbons (Fsp3) is 0.240. The summed E-state index contributed by atoms with van der Waals surface area (Å²) in [6.07, 6.45) is 6.83. The summed E-state index contributed by atoms with van der Waals surface area (Å²) in [6, 6.07) is 13.5. The molecule has 1 aliphatic carbocycles. The van der Waals surface area contributed by atoms with E-state index >= 15 is 0 Å². The molecule has 7 heteroatoms. The molecule has 32 heavy (non-hydrogen) atoms. The molecule has 0 saturated carbocycles. The molecule has 2 heterocycles. The molecule has 5 nitrogen and oxygen atoms in total. The Labute approximate surface area is 189 Å². The van der Waals surface area contributed by atoms with Crippen molar-refractivity contribution in [2.24, 2.45) is 0 Å². The summed E-state index contributed by atoms with van der Waals surface area (Å²) >= 11 is 1.77. The Bertz CT molecular complexity index is 1240. The molecule has 1 N–H and O–H groups in total. The summed E-state index contributed by atoms with van der Waals surface area (Å²) in [5.74, 6) is 0.0142. The van der Waals surface area contributed by atoms with Gasteiger partial charge in [0.2, 0.25) is 5.89 Å². The molecule has 0 atom stereocenters. The van der Waals surface area contributed by atoms with Crippen LogP contribution in [-0.2, 0) is 19.3 Å². The van der Waals surface area contributed by atoms with Gasteiger partial charge in [0.25, 0.3) is 5.91 Å². The minimum Gasteiger partial charge on any atom is -0.436 e. The fourth-order valence-corrected chi connectivity index (χ4v) is 5.10. The minimum absolute atomic E-state index is 0.201. The molecule has 0 aliphatic heterocycles. The first kappa shape index (κ1) is 20.6. The van der Waals surface area contributed by atoms with E-state index in [2.05, 4.69) is 10.3 Å². The molecule has 2 aromatic carbocycles. The van der Waals surface area contributed by atoms with E-state index in [1.807, 2.05) is 6.07 Å². The standard InChI is InChI=1S/C25H22FN3O2S/c26-19-10-4-3-9-18(19)21-15-28-25(31-21)17-8-2-1-7-16(17)24(30)27-14-13-23-29-20-11-5-6-12-22(20)32-23/h1-4,7-10,15H,5-6,11-14H2,(H,27,30). The van der Waals surface area contributed by atoms with Gasteiger partial charge in [-0.3, -0.25) is 4.79 Å². The average molecular weight is 448 g/mol. The summed E-state index contributed by atoms with van der Waals surface area (Å²) in [5.41, 5.74) is 2.60. The van der Waals surface area contributed by atoms with Gasteiger partial charge in [-0.15, -0.1) is 11.3 Å². The number of fused-ring (bicyclic) bond motifs is 1. The van der Waals surface area contributed by atoms with Crippen LogP contribution in [0.15, 0.2) is 59.1 Å². The number of nitrogens with one attached hydrogen (secondary N) is 1. The minimum atomic E-state index is -0.384. The van der Waals surface area contributed by atoms with Crippen molar-refractivity contribution in [1.29, 1.82) is 0 Å². The average Bonchev–Trinajstić information content (AvgIpc) is 3.46. The van der Waals surface area contributed by atoms with E-state index in [4.69, 9.17) is 9.40 Å². The number of oxazole rings is 1. The lowest BCUT2D eigenvalue weighted by Gasteiger charge is -2.07. The number of carbonyl (C=O) groups is 1. The second-order valence-electron chi connectivity index (χ2n) is 7.75. The molecule has 5 rings (SSSR count). The molecule has 0 bridgehead atoms. The highest BCUT2D eigenvalue weighted by Gasteiger charge is 2.19. The van der Waals surface area contributed by atoms with Crippen molar-refractivity contribution in [2.45, 2.75) is 32.1 Å². The predicted octanol–water partition coefficient (Wildman–Crippen LogP) is 5.46. The van der Waals surface area contributed by atoms with Crippen LogP contribution in [-0.4, -0.2) is 22.4 Å². The number of thiazole rings is 1. The van der Waals surface area contributed by atoms with Crippen LogP contribution < -0.4 is 5.32 Å². The van der Waals surface area contributed by atoms with Crippen LogP contribution in [0.4, 0.5) is 4.39 Å². The van der Waals surface area contributed by atoms with Gasteiger partial charge in [-0.25, -0.2) is 14.4 Å². The van der Waals surface area contributed by atoms with Crippen molar-refractivity contribution in [1.82, 2.24) is 15.3 Å². The second kappa shape index (κ2) is 9.04. The van der Waals surface area contributed by atoms with Gasteiger partial charge in [0.15, 0.2) is 5.76 Å². The number of aryl methyl sites for hydroxylation is 2. The van der Waals surface area contributed by atoms with Gasteiger partial charge in [-0.05, 0) is 49.9 Å². The Morgan fingerprint density at radius 1 is 1.06 bits per heavy atom. The largest absolute Gasteiger partial charge is 0.436 e. The zero-order valence-corrected chi connectivity index (χ0v) is 18.3. The third kappa shape index (κ3) is 4.21. The van der Waals surface area contributed by atoms with Crippen molar-refractivity contribution >= 4 is 17.2 Å². The summed E-state index contributed by atoms with van der Waals surface area (Å²) in [6.45, 7) is 0.506. The van der Waals surface area contributed by atoms with Gasteiger partial charge >= 0.3 is 0 Å². The SMILES string of the molecule is O=C(NCCc1nc2c(s1)CCCC2)c1ccccc1-c1ncc(-c2ccccc2F)o1. The van der Waals surface area contributed by atoms with Gasteiger partial charge in [0, 0.05) is 23.4 Å². The lowest BCUT2D eigenvalue weighted by Crippen LogP contribution is -2.26. The first-order valence-electron chi connectivity index (χ1n) is 10.7. The van der Waals surface area contributed by atoms with E-state index < -0.39 is 0 Å². The topological polar surface area (TPSA) is 68.0 Å². The molecule has 0 fully saturated rings. The highest BCUT2D eigenvalue weighted by Crippen LogP contribution is 2.30. The number of benzene rings is 2. The molecule has 162 valence electrons. The number of halogens is 1. The maximum absolute atomic E-state index is 14.1. The predicted molar refractivity (Wildman–Crippen MR) is 122 cm³/mol. The maximum atomic E-state index is 14.1. The monoisotopic (exact) mass is 447 g/mol. The number of hydrogen-bond donors (Lipinski definition) is 1. The van der Waals surface area contributed by atoms with Crippen LogP contribution in [0, 0.1) is 5.82 Å². The Balaban J connectivity index is 1.29. The summed E-state index contributed by atoms with van der Waals surface area (Å²) in [5, 5.41) is 4.06. The molecular weight excluding hydrogens is 425 g/mol. The third-order valence-electron chi connectivity index (χ3n) is 5.56. The van der Waals surface area contributed by atoms with E-state index in [0.29, 0.717) is 35.4 Å². The first-order chi connectivity index (χ1) is 15.7. The first-order valence-corrected chi connectivity index (χ1v) is 11.6. The lowest BCUT2D eigenvalue weighted by molar-refractivity contribution is 0.0954. The van der Waals surface area contributed by atoms with Gasteiger partial charge < -0.3 is 9.73 Å². The Morgan fingerprint density at radius 2 is 1.84 bits per heavy atom. The molecule has 1 amide bonds. The number of hydrogen-bond acceptors (Lipinski definition) is 5. The van der Waals surface area contributed by atoms with Crippen molar-refractivity contribution in [2.75, 3.05) is 6.54 Å². The smallest absolute Gasteiger partial charge is 0.252 e. The Hall–Kier alpha value is -3.32. The molecule has 4 aromatic rings. The van der Waals surface area contributed by atoms with Crippen molar-refractivity contribution in [3.8, 4) is 22.8 Å². The number of amides is 1. The molecule has 0 spiro atoms. The second-order valence-corrected chi connectivity index (χ2v) is 8.91. The molecule has 0 saturated heterocycles. The maximum Gasteiger partial charge on any atom is 0.252 e. The van der Waals surface area contributed by atoms with Gasteiger partial charge in [-0.1, -0.05) is 24.3 Å². The van der Waals surface area contributed by atoms with Crippen LogP contribution in [0.25, 0.3) is 22.8 Å². The van der Waals surface area contributed by atoms with E-state index in [1.54, 1.807) is 47.7 Å². The van der Waals surface area contributed by atoms with Crippen LogP contribution in [0.5, 0.6) is 0 Å². The van der Waals surface area contributed by atoms with Crippen LogP contribution in [0.1, 0.15) is 38.8 Å². The summed E-state index contributed by atoms with van der Waals surface area (Å²) in [4.78, 5) is 23.3. The van der Waals surface area contributed by atoms with Crippen LogP contribution >= 0.6 is 11.3 Å². The molecular formula is C25H22FN3O2S. The lowest BCUT2D eigenvalue weighted by atomic mass is 10.0. The van der Waals surface area contributed by atoms with Gasteiger partial charge in [-0.2, -0.15) is 0 Å². The zero-order chi connectivity index (χ0) is 21.9. The molecule has 0 radical (unpaired) electrons. The highest BCUT2D eigenvalue weighted by atomic mass is 32.1. The van der Waals surface area contributed by atoms with Crippen molar-refractivity contribution in [3.05, 3.63) is 81.7 Å². The van der Waals surface area contributed by atoms with Crippen molar-refractivity contribution in [3.63, 3.8) is 0 Å². The Kier molecular flexibility index (Phi) is 5.81. The number of rotatable bonds is 6. The summed E-state index contributed by atoms with van der Waals surface area (Å²) in [7, 11) is 0. The number of carbonyl (C=O) groups excluding carboxylic acids is 1. The third-order valence-corrected chi connectivity index (χ3v) is 6.78. The summed E-state index contributed by atoms with van der Waals surface area (Å²) < 4.78 is 19.9. The van der Waals surface area contributed by atoms with Crippen LogP contribution in [0.2, 0.25) is 0 Å². The van der Waals surface area contributed by atoms with E-state index in [-0.39, 0.29) is 17.6 Å². The van der Waals surface area contributed by atoms with E-state index in [1.165, 1.54) is 35.7 Å². The molecule has 1 aliphatic rings. The number of nitrogens with zero attached hydrogens (tertiary/aromatic N) is 2. The molecule has 0 unspecified atom stereocenters. The van der Waals surface area contributed by atoms with Crippen molar-refractivity contribution < 1.29 is 13.6 Å². The van der Waals surface area contributed by atoms with Gasteiger partial charge in [0.1, 0.15) is 5.82 Å². The van der Waals surface area contributed by atoms with E-state index in [0.717, 1.165) is 17.8 Å². The molecule has 2 aromatic heterocycles. The highest BCUT2D eigenvalue weighted by molar-refractivity contribution is 7.11. The normalized spacial score (nSPS) is 13.0. The van der Waals surface area contributed by atoms with Gasteiger partial charge in [0.05, 0.1) is 28.0 Å². The Morgan fingerprint density at radius 3 is 2.69 bits per heavy atom. The fourth-order valence-electron chi connectivity index (χ4n) is 3.94. The quantitative estimate of drug-likeness (QED) is 0.426.